The van der Waals surface area contributed by atoms with Gasteiger partial charge in [-0.3, -0.25) is 9.59 Å². The van der Waals surface area contributed by atoms with Gasteiger partial charge in [-0.2, -0.15) is 0 Å². The highest BCUT2D eigenvalue weighted by molar-refractivity contribution is 5.94. The molecule has 0 bridgehead atoms. The van der Waals surface area contributed by atoms with Crippen LogP contribution in [0, 0.1) is 6.92 Å². The van der Waals surface area contributed by atoms with Crippen LogP contribution in [0.15, 0.2) is 42.5 Å². The molecule has 0 fully saturated rings. The summed E-state index contributed by atoms with van der Waals surface area (Å²) in [5, 5.41) is 2.69. The van der Waals surface area contributed by atoms with E-state index in [1.54, 1.807) is 36.4 Å². The average molecular weight is 357 g/mol. The van der Waals surface area contributed by atoms with Crippen molar-refractivity contribution in [2.24, 2.45) is 0 Å². The van der Waals surface area contributed by atoms with Crippen LogP contribution in [-0.4, -0.2) is 32.2 Å². The van der Waals surface area contributed by atoms with Crippen LogP contribution in [0.4, 0.5) is 5.69 Å². The van der Waals surface area contributed by atoms with Crippen molar-refractivity contribution >= 4 is 17.6 Å². The summed E-state index contributed by atoms with van der Waals surface area (Å²) in [6, 6.07) is 12.6. The predicted octanol–water partition coefficient (Wildman–Crippen LogP) is 3.13. The second-order valence-electron chi connectivity index (χ2n) is 5.67. The van der Waals surface area contributed by atoms with E-state index in [4.69, 9.17) is 14.2 Å². The molecule has 0 saturated heterocycles. The lowest BCUT2D eigenvalue weighted by molar-refractivity contribution is -0.146. The second-order valence-corrected chi connectivity index (χ2v) is 5.67. The van der Waals surface area contributed by atoms with Crippen LogP contribution in [0.25, 0.3) is 0 Å². The number of methoxy groups -OCH3 is 1. The van der Waals surface area contributed by atoms with Gasteiger partial charge in [0.05, 0.1) is 25.8 Å². The van der Waals surface area contributed by atoms with Crippen molar-refractivity contribution in [2.45, 2.75) is 20.3 Å². The summed E-state index contributed by atoms with van der Waals surface area (Å²) >= 11 is 0. The zero-order valence-corrected chi connectivity index (χ0v) is 15.2. The number of amides is 1. The lowest BCUT2D eigenvalue weighted by Crippen LogP contribution is -2.22. The van der Waals surface area contributed by atoms with Crippen LogP contribution < -0.4 is 14.8 Å². The Morgan fingerprint density at radius 1 is 1.08 bits per heavy atom. The smallest absolute Gasteiger partial charge is 0.310 e. The molecule has 138 valence electrons. The Kier molecular flexibility index (Phi) is 7.02. The molecule has 6 heteroatoms. The van der Waals surface area contributed by atoms with Gasteiger partial charge in [-0.05, 0) is 49.2 Å². The molecule has 1 N–H and O–H groups in total. The van der Waals surface area contributed by atoms with E-state index in [-0.39, 0.29) is 13.0 Å². The van der Waals surface area contributed by atoms with E-state index in [2.05, 4.69) is 5.32 Å². The van der Waals surface area contributed by atoms with Crippen LogP contribution >= 0.6 is 0 Å². The fourth-order valence-corrected chi connectivity index (χ4v) is 2.34. The molecule has 0 atom stereocenters. The molecule has 0 radical (unpaired) electrons. The first-order valence-electron chi connectivity index (χ1n) is 8.33. The number of nitrogens with one attached hydrogen (secondary N) is 1. The number of carbonyl (C=O) groups excluding carboxylic acids is 2. The first kappa shape index (κ1) is 19.3. The van der Waals surface area contributed by atoms with Gasteiger partial charge < -0.3 is 19.5 Å². The Labute approximate surface area is 153 Å². The molecule has 2 rings (SSSR count). The Bertz CT molecular complexity index is 755. The van der Waals surface area contributed by atoms with E-state index in [1.165, 1.54) is 7.11 Å². The number of rotatable bonds is 8. The molecule has 2 aromatic rings. The van der Waals surface area contributed by atoms with Gasteiger partial charge in [-0.1, -0.05) is 18.2 Å². The molecule has 0 aliphatic carbocycles. The van der Waals surface area contributed by atoms with Gasteiger partial charge in [0.15, 0.2) is 6.61 Å². The summed E-state index contributed by atoms with van der Waals surface area (Å²) in [6.45, 7) is 4.05. The summed E-state index contributed by atoms with van der Waals surface area (Å²) in [7, 11) is 1.52. The third-order valence-corrected chi connectivity index (χ3v) is 3.58. The minimum absolute atomic E-state index is 0.0907. The number of carbonyl (C=O) groups is 2. The summed E-state index contributed by atoms with van der Waals surface area (Å²) in [6.07, 6.45) is 0.0907. The van der Waals surface area contributed by atoms with Gasteiger partial charge in [0.2, 0.25) is 0 Å². The summed E-state index contributed by atoms with van der Waals surface area (Å²) < 4.78 is 15.6. The topological polar surface area (TPSA) is 73.9 Å². The highest BCUT2D eigenvalue weighted by Crippen LogP contribution is 2.25. The highest BCUT2D eigenvalue weighted by Gasteiger charge is 2.11. The van der Waals surface area contributed by atoms with Gasteiger partial charge in [-0.15, -0.1) is 0 Å². The van der Waals surface area contributed by atoms with Crippen LogP contribution in [0.5, 0.6) is 11.5 Å². The molecule has 0 saturated carbocycles. The first-order chi connectivity index (χ1) is 12.5. The maximum Gasteiger partial charge on any atom is 0.310 e. The molecule has 0 heterocycles. The third-order valence-electron chi connectivity index (χ3n) is 3.58. The molecule has 0 aromatic heterocycles. The fraction of sp³-hybridized carbons (Fsp3) is 0.300. The zero-order valence-electron chi connectivity index (χ0n) is 15.2. The molecule has 26 heavy (non-hydrogen) atoms. The van der Waals surface area contributed by atoms with Crippen LogP contribution in [0.3, 0.4) is 0 Å². The van der Waals surface area contributed by atoms with Crippen molar-refractivity contribution in [1.29, 1.82) is 0 Å². The number of hydrogen-bond donors (Lipinski definition) is 1. The quantitative estimate of drug-likeness (QED) is 0.735. The molecular formula is C20H23NO5. The molecule has 0 spiro atoms. The van der Waals surface area contributed by atoms with Crippen molar-refractivity contribution in [3.8, 4) is 11.5 Å². The van der Waals surface area contributed by atoms with Gasteiger partial charge in [0, 0.05) is 0 Å². The third kappa shape index (κ3) is 5.81. The van der Waals surface area contributed by atoms with E-state index in [9.17, 15) is 9.59 Å². The average Bonchev–Trinajstić information content (AvgIpc) is 2.62. The summed E-state index contributed by atoms with van der Waals surface area (Å²) in [4.78, 5) is 23.9. The number of ether oxygens (including phenoxy) is 3. The Morgan fingerprint density at radius 3 is 2.46 bits per heavy atom. The van der Waals surface area contributed by atoms with Crippen molar-refractivity contribution in [1.82, 2.24) is 0 Å². The predicted molar refractivity (Wildman–Crippen MR) is 98.6 cm³/mol. The minimum atomic E-state index is -0.472. The number of aryl methyl sites for hydroxylation is 1. The second kappa shape index (κ2) is 9.46. The largest absolute Gasteiger partial charge is 0.495 e. The maximum absolute atomic E-state index is 12.0. The Balaban J connectivity index is 1.83. The lowest BCUT2D eigenvalue weighted by Gasteiger charge is -2.11. The molecule has 6 nitrogen and oxygen atoms in total. The maximum atomic E-state index is 12.0. The number of esters is 1. The molecular weight excluding hydrogens is 334 g/mol. The van der Waals surface area contributed by atoms with E-state index in [1.807, 2.05) is 19.9 Å². The standard InChI is InChI=1S/C20H23NO5/c1-4-25-16-8-6-15(7-9-16)12-20(23)26-13-19(22)21-17-11-14(2)5-10-18(17)24-3/h5-11H,4,12-13H2,1-3H3,(H,21,22). The Hall–Kier alpha value is -3.02. The number of anilines is 1. The summed E-state index contributed by atoms with van der Waals surface area (Å²) in [5.41, 5.74) is 2.31. The Morgan fingerprint density at radius 2 is 1.81 bits per heavy atom. The molecule has 0 aliphatic rings. The molecule has 0 aliphatic heterocycles. The van der Waals surface area contributed by atoms with E-state index >= 15 is 0 Å². The van der Waals surface area contributed by atoms with Gasteiger partial charge in [0.25, 0.3) is 5.91 Å². The van der Waals surface area contributed by atoms with Crippen LogP contribution in [0.2, 0.25) is 0 Å². The molecule has 1 amide bonds. The van der Waals surface area contributed by atoms with Gasteiger partial charge >= 0.3 is 5.97 Å². The monoisotopic (exact) mass is 357 g/mol. The minimum Gasteiger partial charge on any atom is -0.495 e. The van der Waals surface area contributed by atoms with Crippen molar-refractivity contribution in [2.75, 3.05) is 25.6 Å². The van der Waals surface area contributed by atoms with E-state index < -0.39 is 11.9 Å². The molecule has 2 aromatic carbocycles. The fourth-order valence-electron chi connectivity index (χ4n) is 2.34. The van der Waals surface area contributed by atoms with Crippen molar-refractivity contribution in [3.05, 3.63) is 53.6 Å². The normalized spacial score (nSPS) is 10.1. The van der Waals surface area contributed by atoms with E-state index in [0.717, 1.165) is 16.9 Å². The number of hydrogen-bond acceptors (Lipinski definition) is 5. The van der Waals surface area contributed by atoms with Crippen LogP contribution in [-0.2, 0) is 20.7 Å². The van der Waals surface area contributed by atoms with Crippen LogP contribution in [0.1, 0.15) is 18.1 Å². The highest BCUT2D eigenvalue weighted by atomic mass is 16.5. The van der Waals surface area contributed by atoms with Crippen molar-refractivity contribution < 1.29 is 23.8 Å². The first-order valence-corrected chi connectivity index (χ1v) is 8.33. The molecule has 0 unspecified atom stereocenters. The van der Waals surface area contributed by atoms with Gasteiger partial charge in [0.1, 0.15) is 11.5 Å². The SMILES string of the molecule is CCOc1ccc(CC(=O)OCC(=O)Nc2cc(C)ccc2OC)cc1. The van der Waals surface area contributed by atoms with Gasteiger partial charge in [-0.25, -0.2) is 0 Å². The van der Waals surface area contributed by atoms with E-state index in [0.29, 0.717) is 18.0 Å². The number of benzene rings is 2. The summed E-state index contributed by atoms with van der Waals surface area (Å²) in [5.74, 6) is 0.398. The van der Waals surface area contributed by atoms with Crippen molar-refractivity contribution in [3.63, 3.8) is 0 Å². The zero-order chi connectivity index (χ0) is 18.9. The lowest BCUT2D eigenvalue weighted by atomic mass is 10.1.